The van der Waals surface area contributed by atoms with E-state index in [1.54, 1.807) is 0 Å². The van der Waals surface area contributed by atoms with E-state index >= 15 is 0 Å². The fourth-order valence-electron chi connectivity index (χ4n) is 2.17. The molecule has 0 aliphatic carbocycles. The van der Waals surface area contributed by atoms with E-state index in [4.69, 9.17) is 11.6 Å². The van der Waals surface area contributed by atoms with Gasteiger partial charge >= 0.3 is 0 Å². The van der Waals surface area contributed by atoms with Crippen LogP contribution in [0.3, 0.4) is 0 Å². The molecule has 0 spiro atoms. The fraction of sp³-hybridized carbons (Fsp3) is 0.375. The van der Waals surface area contributed by atoms with Crippen LogP contribution in [0.4, 0.5) is 0 Å². The van der Waals surface area contributed by atoms with Crippen molar-refractivity contribution in [2.24, 2.45) is 5.41 Å². The van der Waals surface area contributed by atoms with Gasteiger partial charge in [-0.3, -0.25) is 0 Å². The SMILES string of the molecule is Cc1ccc2ccccc2c1C(Cl)C(C)(C)C. The van der Waals surface area contributed by atoms with Crippen molar-refractivity contribution < 1.29 is 0 Å². The van der Waals surface area contributed by atoms with Crippen LogP contribution in [0, 0.1) is 12.3 Å². The highest BCUT2D eigenvalue weighted by molar-refractivity contribution is 6.22. The van der Waals surface area contributed by atoms with E-state index in [0.29, 0.717) is 0 Å². The molecule has 1 heteroatoms. The minimum absolute atomic E-state index is 0.0357. The van der Waals surface area contributed by atoms with Crippen molar-refractivity contribution >= 4 is 22.4 Å². The minimum Gasteiger partial charge on any atom is -0.117 e. The first-order chi connectivity index (χ1) is 7.91. The van der Waals surface area contributed by atoms with Gasteiger partial charge < -0.3 is 0 Å². The van der Waals surface area contributed by atoms with E-state index < -0.39 is 0 Å². The van der Waals surface area contributed by atoms with Gasteiger partial charge in [0.15, 0.2) is 0 Å². The molecule has 0 nitrogen and oxygen atoms in total. The number of aryl methyl sites for hydroxylation is 1. The second-order valence-electron chi connectivity index (χ2n) is 5.75. The van der Waals surface area contributed by atoms with E-state index in [2.05, 4.69) is 64.1 Å². The van der Waals surface area contributed by atoms with Gasteiger partial charge in [-0.25, -0.2) is 0 Å². The molecule has 0 N–H and O–H groups in total. The van der Waals surface area contributed by atoms with Crippen LogP contribution in [-0.2, 0) is 0 Å². The minimum atomic E-state index is 0.0357. The highest BCUT2D eigenvalue weighted by atomic mass is 35.5. The molecule has 1 unspecified atom stereocenters. The summed E-state index contributed by atoms with van der Waals surface area (Å²) in [5.74, 6) is 0. The molecule has 17 heavy (non-hydrogen) atoms. The van der Waals surface area contributed by atoms with Crippen LogP contribution in [0.15, 0.2) is 36.4 Å². The average Bonchev–Trinajstić information content (AvgIpc) is 2.27. The number of benzene rings is 2. The van der Waals surface area contributed by atoms with Gasteiger partial charge in [-0.15, -0.1) is 11.6 Å². The molecular formula is C16H19Cl. The van der Waals surface area contributed by atoms with Crippen LogP contribution < -0.4 is 0 Å². The highest BCUT2D eigenvalue weighted by Gasteiger charge is 2.26. The second-order valence-corrected chi connectivity index (χ2v) is 6.18. The van der Waals surface area contributed by atoms with E-state index in [1.165, 1.54) is 21.9 Å². The van der Waals surface area contributed by atoms with Gasteiger partial charge in [0.05, 0.1) is 5.38 Å². The topological polar surface area (TPSA) is 0 Å². The number of fused-ring (bicyclic) bond motifs is 1. The van der Waals surface area contributed by atoms with Crippen molar-refractivity contribution in [3.8, 4) is 0 Å². The Morgan fingerprint density at radius 1 is 1.00 bits per heavy atom. The zero-order valence-corrected chi connectivity index (χ0v) is 11.7. The Morgan fingerprint density at radius 3 is 2.29 bits per heavy atom. The molecule has 0 radical (unpaired) electrons. The molecule has 0 fully saturated rings. The first-order valence-corrected chi connectivity index (χ1v) is 6.47. The van der Waals surface area contributed by atoms with Gasteiger partial charge in [-0.05, 0) is 34.2 Å². The Labute approximate surface area is 109 Å². The summed E-state index contributed by atoms with van der Waals surface area (Å²) in [6, 6.07) is 12.8. The predicted octanol–water partition coefficient (Wildman–Crippen LogP) is 5.47. The molecule has 2 aromatic carbocycles. The lowest BCUT2D eigenvalue weighted by Gasteiger charge is -2.28. The van der Waals surface area contributed by atoms with Gasteiger partial charge in [-0.1, -0.05) is 57.2 Å². The van der Waals surface area contributed by atoms with E-state index in [0.717, 1.165) is 0 Å². The lowest BCUT2D eigenvalue weighted by molar-refractivity contribution is 0.396. The Kier molecular flexibility index (Phi) is 3.18. The molecule has 2 aromatic rings. The molecule has 0 saturated heterocycles. The standard InChI is InChI=1S/C16H19Cl/c1-11-9-10-12-7-5-6-8-13(12)14(11)15(17)16(2,3)4/h5-10,15H,1-4H3. The zero-order chi connectivity index (χ0) is 12.6. The smallest absolute Gasteiger partial charge is 0.0642 e. The molecule has 0 saturated carbocycles. The Bertz CT molecular complexity index is 535. The fourth-order valence-corrected chi connectivity index (χ4v) is 2.46. The van der Waals surface area contributed by atoms with Crippen molar-refractivity contribution in [1.82, 2.24) is 0 Å². The maximum absolute atomic E-state index is 6.67. The third kappa shape index (κ3) is 2.32. The summed E-state index contributed by atoms with van der Waals surface area (Å²) in [5.41, 5.74) is 2.62. The Hall–Kier alpha value is -1.01. The molecular weight excluding hydrogens is 228 g/mol. The number of hydrogen-bond acceptors (Lipinski definition) is 0. The largest absolute Gasteiger partial charge is 0.117 e. The average molecular weight is 247 g/mol. The molecule has 0 heterocycles. The third-order valence-electron chi connectivity index (χ3n) is 3.20. The first kappa shape index (κ1) is 12.4. The van der Waals surface area contributed by atoms with Gasteiger partial charge in [-0.2, -0.15) is 0 Å². The number of hydrogen-bond donors (Lipinski definition) is 0. The molecule has 0 aromatic heterocycles. The maximum atomic E-state index is 6.67. The highest BCUT2D eigenvalue weighted by Crippen LogP contribution is 2.42. The second kappa shape index (κ2) is 4.34. The van der Waals surface area contributed by atoms with E-state index in [1.807, 2.05) is 0 Å². The van der Waals surface area contributed by atoms with Crippen LogP contribution >= 0.6 is 11.6 Å². The van der Waals surface area contributed by atoms with Gasteiger partial charge in [0.2, 0.25) is 0 Å². The van der Waals surface area contributed by atoms with Crippen molar-refractivity contribution in [3.63, 3.8) is 0 Å². The van der Waals surface area contributed by atoms with Crippen molar-refractivity contribution in [2.75, 3.05) is 0 Å². The molecule has 90 valence electrons. The molecule has 0 aliphatic rings. The predicted molar refractivity (Wildman–Crippen MR) is 76.7 cm³/mol. The van der Waals surface area contributed by atoms with Crippen molar-refractivity contribution in [2.45, 2.75) is 33.1 Å². The summed E-state index contributed by atoms with van der Waals surface area (Å²) in [7, 11) is 0. The van der Waals surface area contributed by atoms with Crippen LogP contribution in [0.1, 0.15) is 37.3 Å². The van der Waals surface area contributed by atoms with Crippen LogP contribution in [-0.4, -0.2) is 0 Å². The van der Waals surface area contributed by atoms with Crippen LogP contribution in [0.2, 0.25) is 0 Å². The summed E-state index contributed by atoms with van der Waals surface area (Å²) < 4.78 is 0. The summed E-state index contributed by atoms with van der Waals surface area (Å²) in [6.07, 6.45) is 0. The number of alkyl halides is 1. The lowest BCUT2D eigenvalue weighted by Crippen LogP contribution is -2.14. The summed E-state index contributed by atoms with van der Waals surface area (Å²) in [6.45, 7) is 8.70. The Balaban J connectivity index is 2.71. The van der Waals surface area contributed by atoms with Gasteiger partial charge in [0.25, 0.3) is 0 Å². The van der Waals surface area contributed by atoms with Crippen molar-refractivity contribution in [3.05, 3.63) is 47.5 Å². The summed E-state index contributed by atoms with van der Waals surface area (Å²) in [5, 5.41) is 2.58. The van der Waals surface area contributed by atoms with E-state index in [9.17, 15) is 0 Å². The maximum Gasteiger partial charge on any atom is 0.0642 e. The molecule has 0 aliphatic heterocycles. The molecule has 0 amide bonds. The van der Waals surface area contributed by atoms with Crippen molar-refractivity contribution in [1.29, 1.82) is 0 Å². The van der Waals surface area contributed by atoms with Crippen LogP contribution in [0.5, 0.6) is 0 Å². The Morgan fingerprint density at radius 2 is 1.65 bits per heavy atom. The third-order valence-corrected chi connectivity index (χ3v) is 4.08. The lowest BCUT2D eigenvalue weighted by atomic mass is 9.83. The van der Waals surface area contributed by atoms with Gasteiger partial charge in [0.1, 0.15) is 0 Å². The number of halogens is 1. The van der Waals surface area contributed by atoms with Crippen LogP contribution in [0.25, 0.3) is 10.8 Å². The monoisotopic (exact) mass is 246 g/mol. The first-order valence-electron chi connectivity index (χ1n) is 6.03. The normalized spacial score (nSPS) is 13.9. The molecule has 1 atom stereocenters. The summed E-state index contributed by atoms with van der Waals surface area (Å²) >= 11 is 6.67. The quantitative estimate of drug-likeness (QED) is 0.585. The van der Waals surface area contributed by atoms with E-state index in [-0.39, 0.29) is 10.8 Å². The summed E-state index contributed by atoms with van der Waals surface area (Å²) in [4.78, 5) is 0. The zero-order valence-electron chi connectivity index (χ0n) is 10.9. The van der Waals surface area contributed by atoms with Gasteiger partial charge in [0, 0.05) is 0 Å². The molecule has 0 bridgehead atoms. The molecule has 2 rings (SSSR count). The number of rotatable bonds is 1.